The number of hydrogen-bond donors (Lipinski definition) is 1. The van der Waals surface area contributed by atoms with Gasteiger partial charge in [-0.3, -0.25) is 0 Å². The summed E-state index contributed by atoms with van der Waals surface area (Å²) in [5.41, 5.74) is 0. The van der Waals surface area contributed by atoms with Gasteiger partial charge in [-0.1, -0.05) is 37.1 Å². The van der Waals surface area contributed by atoms with Crippen molar-refractivity contribution < 1.29 is 5.11 Å². The number of halogens is 1. The first kappa shape index (κ1) is 11.3. The highest BCUT2D eigenvalue weighted by Crippen LogP contribution is 2.06. The van der Waals surface area contributed by atoms with Crippen molar-refractivity contribution in [3.63, 3.8) is 0 Å². The van der Waals surface area contributed by atoms with Crippen LogP contribution in [0.5, 0.6) is 0 Å². The van der Waals surface area contributed by atoms with E-state index in [-0.39, 0.29) is 5.76 Å². The fourth-order valence-corrected chi connectivity index (χ4v) is 0.811. The van der Waals surface area contributed by atoms with Crippen LogP contribution in [-0.2, 0) is 0 Å². The van der Waals surface area contributed by atoms with Crippen molar-refractivity contribution in [2.45, 2.75) is 26.7 Å². The predicted molar refractivity (Wildman–Crippen MR) is 54.4 cm³/mol. The lowest BCUT2D eigenvalue weighted by Gasteiger charge is -1.87. The average molecular weight is 187 g/mol. The largest absolute Gasteiger partial charge is 0.513 e. The number of aliphatic hydroxyl groups is 1. The number of allylic oxidation sites excluding steroid dienone is 6. The molecular weight excluding hydrogens is 172 g/mol. The Morgan fingerprint density at radius 2 is 2.17 bits per heavy atom. The Hall–Kier alpha value is -0.690. The van der Waals surface area contributed by atoms with Crippen LogP contribution in [0.25, 0.3) is 0 Å². The van der Waals surface area contributed by atoms with E-state index in [9.17, 15) is 0 Å². The minimum atomic E-state index is 0.284. The van der Waals surface area contributed by atoms with Gasteiger partial charge >= 0.3 is 0 Å². The fourth-order valence-electron chi connectivity index (χ4n) is 0.630. The smallest absolute Gasteiger partial charge is 0.0891 e. The first-order chi connectivity index (χ1) is 5.66. The summed E-state index contributed by atoms with van der Waals surface area (Å²) in [6.45, 7) is 3.72. The van der Waals surface area contributed by atoms with Crippen LogP contribution < -0.4 is 0 Å². The Balaban J connectivity index is 3.90. The molecule has 12 heavy (non-hydrogen) atoms. The normalized spacial score (nSPS) is 14.2. The van der Waals surface area contributed by atoms with Gasteiger partial charge in [0.2, 0.25) is 0 Å². The zero-order valence-corrected chi connectivity index (χ0v) is 8.30. The summed E-state index contributed by atoms with van der Waals surface area (Å²) >= 11 is 5.81. The molecule has 68 valence electrons. The van der Waals surface area contributed by atoms with Crippen LogP contribution in [0, 0.1) is 0 Å². The van der Waals surface area contributed by atoms with Gasteiger partial charge in [-0.2, -0.15) is 0 Å². The molecule has 0 radical (unpaired) electrons. The predicted octanol–water partition coefficient (Wildman–Crippen LogP) is 3.93. The zero-order chi connectivity index (χ0) is 9.40. The molecule has 0 aromatic rings. The van der Waals surface area contributed by atoms with Crippen molar-refractivity contribution in [3.8, 4) is 0 Å². The molecule has 1 nitrogen and oxygen atoms in total. The first-order valence-corrected chi connectivity index (χ1v) is 4.44. The van der Waals surface area contributed by atoms with Crippen molar-refractivity contribution in [2.24, 2.45) is 0 Å². The second-order valence-corrected chi connectivity index (χ2v) is 2.98. The first-order valence-electron chi connectivity index (χ1n) is 4.06. The van der Waals surface area contributed by atoms with E-state index in [2.05, 4.69) is 6.92 Å². The van der Waals surface area contributed by atoms with E-state index in [1.165, 1.54) is 0 Å². The van der Waals surface area contributed by atoms with Gasteiger partial charge in [0.15, 0.2) is 0 Å². The third-order valence-electron chi connectivity index (χ3n) is 1.22. The summed E-state index contributed by atoms with van der Waals surface area (Å²) in [4.78, 5) is 0. The monoisotopic (exact) mass is 186 g/mol. The van der Waals surface area contributed by atoms with Crippen molar-refractivity contribution in [2.75, 3.05) is 0 Å². The molecule has 0 fully saturated rings. The fraction of sp³-hybridized carbons (Fsp3) is 0.400. The summed E-state index contributed by atoms with van der Waals surface area (Å²) in [7, 11) is 0. The van der Waals surface area contributed by atoms with Gasteiger partial charge in [-0.25, -0.2) is 0 Å². The molecule has 0 aromatic heterocycles. The lowest BCUT2D eigenvalue weighted by Crippen LogP contribution is -1.68. The Labute approximate surface area is 79.1 Å². The van der Waals surface area contributed by atoms with Crippen LogP contribution in [0.2, 0.25) is 0 Å². The van der Waals surface area contributed by atoms with E-state index in [4.69, 9.17) is 16.7 Å². The van der Waals surface area contributed by atoms with Crippen LogP contribution in [0.3, 0.4) is 0 Å². The topological polar surface area (TPSA) is 20.2 Å². The Kier molecular flexibility index (Phi) is 6.58. The maximum atomic E-state index is 8.79. The van der Waals surface area contributed by atoms with Crippen molar-refractivity contribution in [1.82, 2.24) is 0 Å². The maximum Gasteiger partial charge on any atom is 0.0891 e. The summed E-state index contributed by atoms with van der Waals surface area (Å²) in [6.07, 6.45) is 9.13. The van der Waals surface area contributed by atoms with Gasteiger partial charge in [0.1, 0.15) is 0 Å². The van der Waals surface area contributed by atoms with Crippen LogP contribution in [0.4, 0.5) is 0 Å². The molecule has 0 heterocycles. The van der Waals surface area contributed by atoms with E-state index in [1.807, 2.05) is 6.08 Å². The maximum absolute atomic E-state index is 8.79. The van der Waals surface area contributed by atoms with Crippen LogP contribution in [-0.4, -0.2) is 5.11 Å². The van der Waals surface area contributed by atoms with E-state index in [1.54, 1.807) is 25.2 Å². The van der Waals surface area contributed by atoms with Crippen molar-refractivity contribution in [3.05, 3.63) is 35.1 Å². The highest BCUT2D eigenvalue weighted by molar-refractivity contribution is 6.31. The molecule has 0 bridgehead atoms. The lowest BCUT2D eigenvalue weighted by atomic mass is 10.3. The van der Waals surface area contributed by atoms with Gasteiger partial charge in [-0.05, 0) is 25.5 Å². The number of hydrogen-bond acceptors (Lipinski definition) is 1. The second-order valence-electron chi connectivity index (χ2n) is 2.54. The summed E-state index contributed by atoms with van der Waals surface area (Å²) in [5.74, 6) is 0.284. The molecule has 0 saturated heterocycles. The van der Waals surface area contributed by atoms with E-state index < -0.39 is 0 Å². The molecule has 0 aliphatic rings. The quantitative estimate of drug-likeness (QED) is 0.521. The van der Waals surface area contributed by atoms with Crippen molar-refractivity contribution >= 4 is 11.6 Å². The van der Waals surface area contributed by atoms with E-state index >= 15 is 0 Å². The zero-order valence-electron chi connectivity index (χ0n) is 7.55. The van der Waals surface area contributed by atoms with Crippen LogP contribution >= 0.6 is 11.6 Å². The number of aliphatic hydroxyl groups excluding tert-OH is 1. The molecule has 0 saturated carbocycles. The highest BCUT2D eigenvalue weighted by Gasteiger charge is 1.82. The van der Waals surface area contributed by atoms with Crippen LogP contribution in [0.15, 0.2) is 35.1 Å². The standard InChI is InChI=1S/C10H15ClO/c1-3-4-7-10(11)8-5-6-9(2)12/h5-8,12H,3-4H2,1-2H3/b8-5-,9-6+,10-7-. The molecule has 0 spiro atoms. The molecule has 2 heteroatoms. The van der Waals surface area contributed by atoms with Gasteiger partial charge < -0.3 is 5.11 Å². The van der Waals surface area contributed by atoms with Gasteiger partial charge in [-0.15, -0.1) is 0 Å². The summed E-state index contributed by atoms with van der Waals surface area (Å²) < 4.78 is 0. The number of rotatable bonds is 4. The Bertz CT molecular complexity index is 198. The minimum absolute atomic E-state index is 0.284. The number of unbranched alkanes of at least 4 members (excludes halogenated alkanes) is 1. The third kappa shape index (κ3) is 7.42. The molecule has 0 amide bonds. The molecule has 0 unspecified atom stereocenters. The molecular formula is C10H15ClO. The SMILES string of the molecule is CCC/C=C(Cl)/C=C\C=C(/C)O. The molecule has 1 N–H and O–H groups in total. The molecule has 0 rings (SSSR count). The van der Waals surface area contributed by atoms with E-state index in [0.717, 1.165) is 12.8 Å². The molecule has 0 atom stereocenters. The van der Waals surface area contributed by atoms with Gasteiger partial charge in [0.25, 0.3) is 0 Å². The van der Waals surface area contributed by atoms with Crippen LogP contribution in [0.1, 0.15) is 26.7 Å². The summed E-state index contributed by atoms with van der Waals surface area (Å²) in [5, 5.41) is 9.51. The second kappa shape index (κ2) is 6.99. The Morgan fingerprint density at radius 1 is 1.50 bits per heavy atom. The lowest BCUT2D eigenvalue weighted by molar-refractivity contribution is 0.414. The third-order valence-corrected chi connectivity index (χ3v) is 1.50. The molecule has 0 aliphatic heterocycles. The van der Waals surface area contributed by atoms with Gasteiger partial charge in [0.05, 0.1) is 5.76 Å². The van der Waals surface area contributed by atoms with E-state index in [0.29, 0.717) is 5.03 Å². The summed E-state index contributed by atoms with van der Waals surface area (Å²) in [6, 6.07) is 0. The Morgan fingerprint density at radius 3 is 2.67 bits per heavy atom. The molecule has 0 aliphatic carbocycles. The van der Waals surface area contributed by atoms with Crippen molar-refractivity contribution in [1.29, 1.82) is 0 Å². The highest BCUT2D eigenvalue weighted by atomic mass is 35.5. The minimum Gasteiger partial charge on any atom is -0.513 e. The average Bonchev–Trinajstić information content (AvgIpc) is 2.00. The van der Waals surface area contributed by atoms with Gasteiger partial charge in [0, 0.05) is 5.03 Å². The molecule has 0 aromatic carbocycles.